The van der Waals surface area contributed by atoms with E-state index in [9.17, 15) is 8.42 Å². The molecule has 4 unspecified atom stereocenters. The summed E-state index contributed by atoms with van der Waals surface area (Å²) in [5, 5.41) is 1.75. The molecule has 100 valence electrons. The molecule has 2 fully saturated rings. The maximum absolute atomic E-state index is 12.1. The molecule has 1 aromatic heterocycles. The highest BCUT2D eigenvalue weighted by Gasteiger charge is 2.51. The molecule has 1 saturated heterocycles. The van der Waals surface area contributed by atoms with Gasteiger partial charge in [-0.1, -0.05) is 6.07 Å². The molecule has 3 N–H and O–H groups in total. The summed E-state index contributed by atoms with van der Waals surface area (Å²) in [5.74, 6) is 0.301. The molecule has 3 rings (SSSR count). The average molecular weight is 288 g/mol. The second-order valence-corrected chi connectivity index (χ2v) is 7.69. The van der Waals surface area contributed by atoms with Crippen LogP contribution in [-0.2, 0) is 14.8 Å². The fourth-order valence-corrected chi connectivity index (χ4v) is 5.04. The van der Waals surface area contributed by atoms with Crippen LogP contribution in [0.4, 0.5) is 0 Å². The second-order valence-electron chi connectivity index (χ2n) is 4.80. The van der Waals surface area contributed by atoms with Crippen molar-refractivity contribution in [3.63, 3.8) is 0 Å². The maximum atomic E-state index is 12.1. The van der Waals surface area contributed by atoms with Crippen LogP contribution in [0.3, 0.4) is 0 Å². The van der Waals surface area contributed by atoms with Gasteiger partial charge in [0.2, 0.25) is 10.0 Å². The van der Waals surface area contributed by atoms with Gasteiger partial charge in [0.1, 0.15) is 4.21 Å². The van der Waals surface area contributed by atoms with Gasteiger partial charge >= 0.3 is 0 Å². The molecule has 0 spiro atoms. The van der Waals surface area contributed by atoms with E-state index in [2.05, 4.69) is 4.72 Å². The molecule has 1 saturated carbocycles. The van der Waals surface area contributed by atoms with E-state index in [0.717, 1.165) is 12.8 Å². The minimum absolute atomic E-state index is 0.0523. The van der Waals surface area contributed by atoms with E-state index in [1.807, 2.05) is 0 Å². The summed E-state index contributed by atoms with van der Waals surface area (Å²) < 4.78 is 32.8. The van der Waals surface area contributed by atoms with Gasteiger partial charge in [0.05, 0.1) is 12.1 Å². The molecular weight excluding hydrogens is 272 g/mol. The lowest BCUT2D eigenvalue weighted by molar-refractivity contribution is -0.114. The number of sulfonamides is 1. The van der Waals surface area contributed by atoms with Crippen molar-refractivity contribution >= 4 is 21.4 Å². The minimum Gasteiger partial charge on any atom is -0.376 e. The zero-order chi connectivity index (χ0) is 12.8. The molecule has 0 aromatic carbocycles. The number of hydrogen-bond acceptors (Lipinski definition) is 5. The highest BCUT2D eigenvalue weighted by molar-refractivity contribution is 7.91. The predicted octanol–water partition coefficient (Wildman–Crippen LogP) is 0.531. The van der Waals surface area contributed by atoms with E-state index in [1.165, 1.54) is 11.3 Å². The van der Waals surface area contributed by atoms with Gasteiger partial charge in [0.15, 0.2) is 0 Å². The van der Waals surface area contributed by atoms with Crippen LogP contribution in [0.15, 0.2) is 21.7 Å². The number of hydrogen-bond donors (Lipinski definition) is 2. The van der Waals surface area contributed by atoms with Crippen molar-refractivity contribution in [2.75, 3.05) is 6.61 Å². The molecule has 1 aromatic rings. The van der Waals surface area contributed by atoms with E-state index >= 15 is 0 Å². The highest BCUT2D eigenvalue weighted by atomic mass is 32.2. The first kappa shape index (κ1) is 12.6. The summed E-state index contributed by atoms with van der Waals surface area (Å²) in [7, 11) is -3.45. The van der Waals surface area contributed by atoms with Gasteiger partial charge in [0, 0.05) is 18.6 Å². The molecule has 5 nitrogen and oxygen atoms in total. The summed E-state index contributed by atoms with van der Waals surface area (Å²) in [5.41, 5.74) is 6.03. The third kappa shape index (κ3) is 2.00. The summed E-state index contributed by atoms with van der Waals surface area (Å²) in [4.78, 5) is 0. The average Bonchev–Trinajstić information content (AvgIpc) is 2.90. The second kappa shape index (κ2) is 4.57. The minimum atomic E-state index is -3.45. The summed E-state index contributed by atoms with van der Waals surface area (Å²) in [6.07, 6.45) is 1.99. The Hall–Kier alpha value is -0.470. The number of rotatable bonds is 3. The van der Waals surface area contributed by atoms with Crippen molar-refractivity contribution in [2.45, 2.75) is 35.2 Å². The van der Waals surface area contributed by atoms with Crippen molar-refractivity contribution in [1.82, 2.24) is 4.72 Å². The van der Waals surface area contributed by atoms with E-state index in [-0.39, 0.29) is 18.2 Å². The molecule has 2 heterocycles. The smallest absolute Gasteiger partial charge is 0.250 e. The van der Waals surface area contributed by atoms with Crippen LogP contribution in [-0.4, -0.2) is 33.2 Å². The topological polar surface area (TPSA) is 81.4 Å². The Morgan fingerprint density at radius 2 is 2.33 bits per heavy atom. The van der Waals surface area contributed by atoms with Crippen LogP contribution in [0, 0.1) is 5.92 Å². The largest absolute Gasteiger partial charge is 0.376 e. The molecule has 1 aliphatic heterocycles. The molecule has 1 aliphatic carbocycles. The van der Waals surface area contributed by atoms with Crippen molar-refractivity contribution < 1.29 is 13.2 Å². The Morgan fingerprint density at radius 1 is 1.50 bits per heavy atom. The Balaban J connectivity index is 1.74. The standard InChI is InChI=1S/C11H16N2O3S2/c12-9-7-3-1-5-16-11(7)10(9)13-18(14,15)8-4-2-6-17-8/h2,4,6-7,9-11,13H,1,3,5,12H2. The number of fused-ring (bicyclic) bond motifs is 1. The zero-order valence-electron chi connectivity index (χ0n) is 9.78. The molecule has 2 aliphatic rings. The van der Waals surface area contributed by atoms with Crippen molar-refractivity contribution in [3.8, 4) is 0 Å². The van der Waals surface area contributed by atoms with Crippen molar-refractivity contribution in [3.05, 3.63) is 17.5 Å². The molecule has 0 radical (unpaired) electrons. The molecule has 7 heteroatoms. The first-order valence-electron chi connectivity index (χ1n) is 6.02. The van der Waals surface area contributed by atoms with Crippen LogP contribution < -0.4 is 10.5 Å². The van der Waals surface area contributed by atoms with Crippen LogP contribution in [0.2, 0.25) is 0 Å². The number of nitrogens with two attached hydrogens (primary N) is 1. The van der Waals surface area contributed by atoms with Gasteiger partial charge in [-0.3, -0.25) is 0 Å². The van der Waals surface area contributed by atoms with Gasteiger partial charge in [-0.05, 0) is 24.3 Å². The lowest BCUT2D eigenvalue weighted by Crippen LogP contribution is -2.71. The Bertz CT molecular complexity index is 514. The third-order valence-corrected chi connectivity index (χ3v) is 6.59. The number of ether oxygens (including phenoxy) is 1. The number of nitrogens with one attached hydrogen (secondary N) is 1. The fraction of sp³-hybridized carbons (Fsp3) is 0.636. The van der Waals surface area contributed by atoms with E-state index in [1.54, 1.807) is 17.5 Å². The normalized spacial score (nSPS) is 35.8. The predicted molar refractivity (Wildman–Crippen MR) is 68.9 cm³/mol. The summed E-state index contributed by atoms with van der Waals surface area (Å²) >= 11 is 1.20. The monoisotopic (exact) mass is 288 g/mol. The van der Waals surface area contributed by atoms with Crippen molar-refractivity contribution in [2.24, 2.45) is 11.7 Å². The molecule has 0 amide bonds. The van der Waals surface area contributed by atoms with Crippen molar-refractivity contribution in [1.29, 1.82) is 0 Å². The molecule has 0 bridgehead atoms. The van der Waals surface area contributed by atoms with Gasteiger partial charge in [-0.2, -0.15) is 0 Å². The van der Waals surface area contributed by atoms with Gasteiger partial charge in [-0.15, -0.1) is 11.3 Å². The Morgan fingerprint density at radius 3 is 3.06 bits per heavy atom. The van der Waals surface area contributed by atoms with Gasteiger partial charge in [0.25, 0.3) is 0 Å². The van der Waals surface area contributed by atoms with Gasteiger partial charge in [-0.25, -0.2) is 13.1 Å². The van der Waals surface area contributed by atoms with E-state index in [0.29, 0.717) is 16.7 Å². The summed E-state index contributed by atoms with van der Waals surface area (Å²) in [6, 6.07) is 2.89. The number of thiophene rings is 1. The third-order valence-electron chi connectivity index (χ3n) is 3.73. The van der Waals surface area contributed by atoms with E-state index in [4.69, 9.17) is 10.5 Å². The lowest BCUT2D eigenvalue weighted by Gasteiger charge is -2.52. The Labute approximate surface area is 110 Å². The van der Waals surface area contributed by atoms with Crippen LogP contribution in [0.5, 0.6) is 0 Å². The lowest BCUT2D eigenvalue weighted by atomic mass is 9.69. The zero-order valence-corrected chi connectivity index (χ0v) is 11.4. The fourth-order valence-electron chi connectivity index (χ4n) is 2.75. The SMILES string of the molecule is NC1C2CCCOC2C1NS(=O)(=O)c1cccs1. The van der Waals surface area contributed by atoms with Crippen LogP contribution in [0.25, 0.3) is 0 Å². The highest BCUT2D eigenvalue weighted by Crippen LogP contribution is 2.37. The van der Waals surface area contributed by atoms with Gasteiger partial charge < -0.3 is 10.5 Å². The summed E-state index contributed by atoms with van der Waals surface area (Å²) in [6.45, 7) is 0.700. The molecular formula is C11H16N2O3S2. The molecule has 18 heavy (non-hydrogen) atoms. The first-order chi connectivity index (χ1) is 8.59. The maximum Gasteiger partial charge on any atom is 0.250 e. The quantitative estimate of drug-likeness (QED) is 0.850. The first-order valence-corrected chi connectivity index (χ1v) is 8.39. The molecule has 4 atom stereocenters. The van der Waals surface area contributed by atoms with E-state index < -0.39 is 10.0 Å². The Kier molecular flexibility index (Phi) is 3.19. The van der Waals surface area contributed by atoms with Crippen LogP contribution >= 0.6 is 11.3 Å². The van der Waals surface area contributed by atoms with Crippen LogP contribution in [0.1, 0.15) is 12.8 Å².